The number of carbonyl (C=O) groups excluding carboxylic acids is 2. The van der Waals surface area contributed by atoms with E-state index in [1.54, 1.807) is 60.0 Å². The quantitative estimate of drug-likeness (QED) is 0.558. The third kappa shape index (κ3) is 4.15. The van der Waals surface area contributed by atoms with Crippen molar-refractivity contribution in [2.45, 2.75) is 26.7 Å². The van der Waals surface area contributed by atoms with Gasteiger partial charge in [-0.2, -0.15) is 5.10 Å². The van der Waals surface area contributed by atoms with E-state index in [0.717, 1.165) is 5.69 Å². The van der Waals surface area contributed by atoms with E-state index in [1.165, 1.54) is 12.1 Å². The molecule has 0 atom stereocenters. The Hall–Kier alpha value is -3.48. The summed E-state index contributed by atoms with van der Waals surface area (Å²) in [5, 5.41) is 4.51. The maximum atomic E-state index is 13.3. The number of hydrogen-bond donors (Lipinski definition) is 0. The zero-order chi connectivity index (χ0) is 22.8. The summed E-state index contributed by atoms with van der Waals surface area (Å²) >= 11 is 0. The van der Waals surface area contributed by atoms with E-state index in [1.807, 2.05) is 6.92 Å². The standard InChI is InChI=1S/C25H26FN3O3/c1-16-23(17(2)29(27-16)21-8-6-20(26)7-9-21)25(31)28-14-12-19(13-15-28)24(30)18-4-10-22(32-3)11-5-18/h4-11,19H,12-15H2,1-3H3. The Labute approximate surface area is 186 Å². The van der Waals surface area contributed by atoms with Crippen molar-refractivity contribution < 1.29 is 18.7 Å². The maximum Gasteiger partial charge on any atom is 0.257 e. The number of ketones is 1. The van der Waals surface area contributed by atoms with Crippen LogP contribution in [0.3, 0.4) is 0 Å². The molecule has 4 rings (SSSR count). The molecule has 32 heavy (non-hydrogen) atoms. The van der Waals surface area contributed by atoms with E-state index in [9.17, 15) is 14.0 Å². The normalized spacial score (nSPS) is 14.4. The molecule has 1 aliphatic rings. The Morgan fingerprint density at radius 2 is 1.62 bits per heavy atom. The van der Waals surface area contributed by atoms with E-state index in [-0.39, 0.29) is 23.4 Å². The molecule has 1 aromatic heterocycles. The van der Waals surface area contributed by atoms with Crippen molar-refractivity contribution in [1.82, 2.24) is 14.7 Å². The number of likely N-dealkylation sites (tertiary alicyclic amines) is 1. The first-order valence-corrected chi connectivity index (χ1v) is 10.7. The first-order valence-electron chi connectivity index (χ1n) is 10.7. The van der Waals surface area contributed by atoms with Crippen molar-refractivity contribution in [3.8, 4) is 11.4 Å². The van der Waals surface area contributed by atoms with Crippen LogP contribution in [0.1, 0.15) is 44.9 Å². The van der Waals surface area contributed by atoms with Gasteiger partial charge in [0.1, 0.15) is 11.6 Å². The molecule has 1 saturated heterocycles. The first-order chi connectivity index (χ1) is 15.4. The minimum atomic E-state index is -0.321. The number of nitrogens with zero attached hydrogens (tertiary/aromatic N) is 3. The highest BCUT2D eigenvalue weighted by atomic mass is 19.1. The molecule has 2 heterocycles. The number of rotatable bonds is 5. The Balaban J connectivity index is 1.45. The van der Waals surface area contributed by atoms with Crippen LogP contribution in [0.15, 0.2) is 48.5 Å². The van der Waals surface area contributed by atoms with Gasteiger partial charge in [0.15, 0.2) is 5.78 Å². The molecule has 0 aliphatic carbocycles. The summed E-state index contributed by atoms with van der Waals surface area (Å²) in [6, 6.07) is 13.2. The molecule has 0 N–H and O–H groups in total. The fourth-order valence-electron chi connectivity index (χ4n) is 4.28. The third-order valence-corrected chi connectivity index (χ3v) is 6.10. The van der Waals surface area contributed by atoms with Crippen molar-refractivity contribution in [2.75, 3.05) is 20.2 Å². The molecule has 2 aromatic carbocycles. The van der Waals surface area contributed by atoms with E-state index in [0.29, 0.717) is 54.2 Å². The highest BCUT2D eigenvalue weighted by Crippen LogP contribution is 2.26. The lowest BCUT2D eigenvalue weighted by Gasteiger charge is -2.31. The number of amides is 1. The van der Waals surface area contributed by atoms with Crippen molar-refractivity contribution in [3.63, 3.8) is 0 Å². The molecule has 1 aliphatic heterocycles. The number of carbonyl (C=O) groups is 2. The molecule has 0 radical (unpaired) electrons. The second-order valence-electron chi connectivity index (χ2n) is 8.09. The van der Waals surface area contributed by atoms with E-state index >= 15 is 0 Å². The highest BCUT2D eigenvalue weighted by Gasteiger charge is 2.31. The van der Waals surface area contributed by atoms with Crippen LogP contribution in [0.25, 0.3) is 5.69 Å². The molecule has 7 heteroatoms. The first kappa shape index (κ1) is 21.7. The summed E-state index contributed by atoms with van der Waals surface area (Å²) in [7, 11) is 1.59. The summed E-state index contributed by atoms with van der Waals surface area (Å²) in [6.45, 7) is 4.69. The minimum absolute atomic E-state index is 0.0799. The van der Waals surface area contributed by atoms with Crippen LogP contribution in [0, 0.1) is 25.6 Å². The number of aryl methyl sites for hydroxylation is 1. The number of Topliss-reactive ketones (excluding diaryl/α,β-unsaturated/α-hetero) is 1. The topological polar surface area (TPSA) is 64.4 Å². The van der Waals surface area contributed by atoms with Crippen LogP contribution in [0.4, 0.5) is 4.39 Å². The molecule has 0 bridgehead atoms. The van der Waals surface area contributed by atoms with Gasteiger partial charge in [0.2, 0.25) is 0 Å². The molecular formula is C25H26FN3O3. The smallest absolute Gasteiger partial charge is 0.257 e. The van der Waals surface area contributed by atoms with Gasteiger partial charge in [0.25, 0.3) is 5.91 Å². The molecule has 0 unspecified atom stereocenters. The fourth-order valence-corrected chi connectivity index (χ4v) is 4.28. The van der Waals surface area contributed by atoms with E-state index < -0.39 is 0 Å². The average molecular weight is 435 g/mol. The van der Waals surface area contributed by atoms with E-state index in [4.69, 9.17) is 4.74 Å². The van der Waals surface area contributed by atoms with Crippen LogP contribution in [-0.2, 0) is 0 Å². The molecular weight excluding hydrogens is 409 g/mol. The van der Waals surface area contributed by atoms with Gasteiger partial charge in [-0.05, 0) is 75.2 Å². The van der Waals surface area contributed by atoms with Gasteiger partial charge < -0.3 is 9.64 Å². The van der Waals surface area contributed by atoms with Crippen LogP contribution >= 0.6 is 0 Å². The number of hydrogen-bond acceptors (Lipinski definition) is 4. The lowest BCUT2D eigenvalue weighted by atomic mass is 9.88. The van der Waals surface area contributed by atoms with Crippen molar-refractivity contribution >= 4 is 11.7 Å². The minimum Gasteiger partial charge on any atom is -0.497 e. The third-order valence-electron chi connectivity index (χ3n) is 6.10. The molecule has 0 saturated carbocycles. The largest absolute Gasteiger partial charge is 0.497 e. The number of ether oxygens (including phenoxy) is 1. The molecule has 3 aromatic rings. The Morgan fingerprint density at radius 3 is 2.22 bits per heavy atom. The lowest BCUT2D eigenvalue weighted by molar-refractivity contribution is 0.0649. The van der Waals surface area contributed by atoms with Crippen LogP contribution in [0.5, 0.6) is 5.75 Å². The number of methoxy groups -OCH3 is 1. The SMILES string of the molecule is COc1ccc(C(=O)C2CCN(C(=O)c3c(C)nn(-c4ccc(F)cc4)c3C)CC2)cc1. The Kier molecular flexibility index (Phi) is 6.08. The summed E-state index contributed by atoms with van der Waals surface area (Å²) in [4.78, 5) is 27.9. The second kappa shape index (κ2) is 8.94. The monoisotopic (exact) mass is 435 g/mol. The molecule has 1 amide bonds. The molecule has 0 spiro atoms. The zero-order valence-electron chi connectivity index (χ0n) is 18.5. The maximum absolute atomic E-state index is 13.3. The van der Waals surface area contributed by atoms with Gasteiger partial charge in [-0.25, -0.2) is 9.07 Å². The summed E-state index contributed by atoms with van der Waals surface area (Å²) in [5.74, 6) is 0.323. The highest BCUT2D eigenvalue weighted by molar-refractivity contribution is 5.99. The molecule has 6 nitrogen and oxygen atoms in total. The van der Waals surface area contributed by atoms with Gasteiger partial charge in [0, 0.05) is 24.6 Å². The number of piperidine rings is 1. The molecule has 1 fully saturated rings. The number of halogens is 1. The zero-order valence-corrected chi connectivity index (χ0v) is 18.5. The van der Waals surface area contributed by atoms with Crippen LogP contribution in [-0.4, -0.2) is 46.6 Å². The van der Waals surface area contributed by atoms with Crippen molar-refractivity contribution in [1.29, 1.82) is 0 Å². The van der Waals surface area contributed by atoms with Crippen molar-refractivity contribution in [3.05, 3.63) is 76.9 Å². The van der Waals surface area contributed by atoms with Gasteiger partial charge in [0.05, 0.1) is 29.7 Å². The van der Waals surface area contributed by atoms with Gasteiger partial charge in [-0.3, -0.25) is 9.59 Å². The number of benzene rings is 2. The van der Waals surface area contributed by atoms with Gasteiger partial charge in [-0.1, -0.05) is 0 Å². The average Bonchev–Trinajstić information content (AvgIpc) is 3.12. The Morgan fingerprint density at radius 1 is 1.00 bits per heavy atom. The summed E-state index contributed by atoms with van der Waals surface area (Å²) < 4.78 is 20.1. The lowest BCUT2D eigenvalue weighted by Crippen LogP contribution is -2.40. The van der Waals surface area contributed by atoms with Crippen molar-refractivity contribution in [2.24, 2.45) is 5.92 Å². The van der Waals surface area contributed by atoms with Gasteiger partial charge in [-0.15, -0.1) is 0 Å². The van der Waals surface area contributed by atoms with Crippen LogP contribution < -0.4 is 4.74 Å². The Bertz CT molecular complexity index is 1130. The van der Waals surface area contributed by atoms with E-state index in [2.05, 4.69) is 5.10 Å². The second-order valence-corrected chi connectivity index (χ2v) is 8.09. The number of aromatic nitrogens is 2. The predicted molar refractivity (Wildman–Crippen MR) is 119 cm³/mol. The fraction of sp³-hybridized carbons (Fsp3) is 0.320. The van der Waals surface area contributed by atoms with Gasteiger partial charge >= 0.3 is 0 Å². The van der Waals surface area contributed by atoms with Crippen LogP contribution in [0.2, 0.25) is 0 Å². The predicted octanol–water partition coefficient (Wildman–Crippen LogP) is 4.37. The molecule has 166 valence electrons. The summed E-state index contributed by atoms with van der Waals surface area (Å²) in [5.41, 5.74) is 3.29. The summed E-state index contributed by atoms with van der Waals surface area (Å²) in [6.07, 6.45) is 1.25.